The van der Waals surface area contributed by atoms with E-state index in [9.17, 15) is 10.1 Å². The van der Waals surface area contributed by atoms with Crippen LogP contribution < -0.4 is 4.74 Å². The van der Waals surface area contributed by atoms with Crippen LogP contribution >= 0.6 is 11.6 Å². The first-order valence-corrected chi connectivity index (χ1v) is 6.34. The molecule has 0 fully saturated rings. The Hall–Kier alpha value is -2.73. The number of nitro groups is 1. The molecule has 2 aromatic heterocycles. The van der Waals surface area contributed by atoms with Crippen LogP contribution in [0.5, 0.6) is 11.5 Å². The van der Waals surface area contributed by atoms with Gasteiger partial charge in [0.2, 0.25) is 0 Å². The van der Waals surface area contributed by atoms with Crippen molar-refractivity contribution in [3.05, 3.63) is 64.1 Å². The van der Waals surface area contributed by atoms with Gasteiger partial charge in [-0.25, -0.2) is 4.98 Å². The number of aromatic nitrogens is 2. The van der Waals surface area contributed by atoms with Gasteiger partial charge in [-0.15, -0.1) is 0 Å². The van der Waals surface area contributed by atoms with Crippen molar-refractivity contribution in [1.82, 2.24) is 9.97 Å². The predicted molar refractivity (Wildman–Crippen MR) is 77.7 cm³/mol. The van der Waals surface area contributed by atoms with Crippen LogP contribution in [-0.4, -0.2) is 14.9 Å². The third kappa shape index (κ3) is 2.75. The highest BCUT2D eigenvalue weighted by Gasteiger charge is 2.08. The van der Waals surface area contributed by atoms with Gasteiger partial charge in [-0.2, -0.15) is 0 Å². The Morgan fingerprint density at radius 2 is 1.90 bits per heavy atom. The number of hydrogen-bond acceptors (Lipinski definition) is 5. The van der Waals surface area contributed by atoms with Crippen LogP contribution in [-0.2, 0) is 0 Å². The zero-order chi connectivity index (χ0) is 14.8. The lowest BCUT2D eigenvalue weighted by molar-refractivity contribution is -0.384. The molecular weight excluding hydrogens is 294 g/mol. The zero-order valence-corrected chi connectivity index (χ0v) is 11.3. The molecule has 104 valence electrons. The summed E-state index contributed by atoms with van der Waals surface area (Å²) in [4.78, 5) is 18.3. The molecule has 1 aromatic carbocycles. The second-order valence-electron chi connectivity index (χ2n) is 4.19. The van der Waals surface area contributed by atoms with Gasteiger partial charge in [-0.3, -0.25) is 15.1 Å². The number of nitrogens with zero attached hydrogens (tertiary/aromatic N) is 3. The van der Waals surface area contributed by atoms with Crippen LogP contribution in [0.15, 0.2) is 48.8 Å². The zero-order valence-electron chi connectivity index (χ0n) is 10.6. The molecule has 0 aliphatic carbocycles. The monoisotopic (exact) mass is 301 g/mol. The number of nitro benzene ring substituents is 1. The molecule has 0 unspecified atom stereocenters. The van der Waals surface area contributed by atoms with Crippen molar-refractivity contribution >= 4 is 28.2 Å². The molecule has 7 heteroatoms. The molecule has 2 heterocycles. The minimum atomic E-state index is -0.461. The summed E-state index contributed by atoms with van der Waals surface area (Å²) in [6.45, 7) is 0. The number of non-ortho nitro benzene ring substituents is 1. The highest BCUT2D eigenvalue weighted by Crippen LogP contribution is 2.30. The van der Waals surface area contributed by atoms with Crippen molar-refractivity contribution in [2.75, 3.05) is 0 Å². The third-order valence-electron chi connectivity index (χ3n) is 2.83. The molecule has 0 aliphatic heterocycles. The van der Waals surface area contributed by atoms with Gasteiger partial charge in [-0.1, -0.05) is 11.6 Å². The molecule has 0 amide bonds. The number of fused-ring (bicyclic) bond motifs is 1. The van der Waals surface area contributed by atoms with Crippen LogP contribution in [0.2, 0.25) is 5.15 Å². The molecule has 21 heavy (non-hydrogen) atoms. The molecule has 3 aromatic rings. The Labute approximate surface area is 124 Å². The summed E-state index contributed by atoms with van der Waals surface area (Å²) in [6, 6.07) is 9.19. The number of halogens is 1. The smallest absolute Gasteiger partial charge is 0.269 e. The lowest BCUT2D eigenvalue weighted by atomic mass is 10.2. The topological polar surface area (TPSA) is 78.2 Å². The van der Waals surface area contributed by atoms with E-state index in [-0.39, 0.29) is 5.69 Å². The molecule has 0 atom stereocenters. The SMILES string of the molecule is O=[N+]([O-])c1ccc(Oc2ccnc3cnc(Cl)cc23)cc1. The van der Waals surface area contributed by atoms with Crippen LogP contribution in [0.3, 0.4) is 0 Å². The summed E-state index contributed by atoms with van der Waals surface area (Å²) in [7, 11) is 0. The largest absolute Gasteiger partial charge is 0.457 e. The van der Waals surface area contributed by atoms with Crippen molar-refractivity contribution in [3.8, 4) is 11.5 Å². The minimum Gasteiger partial charge on any atom is -0.457 e. The van der Waals surface area contributed by atoms with Gasteiger partial charge in [0.15, 0.2) is 0 Å². The van der Waals surface area contributed by atoms with Crippen molar-refractivity contribution in [1.29, 1.82) is 0 Å². The van der Waals surface area contributed by atoms with E-state index in [2.05, 4.69) is 9.97 Å². The van der Waals surface area contributed by atoms with Crippen molar-refractivity contribution in [3.63, 3.8) is 0 Å². The lowest BCUT2D eigenvalue weighted by Gasteiger charge is -2.08. The highest BCUT2D eigenvalue weighted by molar-refractivity contribution is 6.30. The maximum Gasteiger partial charge on any atom is 0.269 e. The first-order chi connectivity index (χ1) is 10.1. The summed E-state index contributed by atoms with van der Waals surface area (Å²) < 4.78 is 5.73. The second kappa shape index (κ2) is 5.34. The van der Waals surface area contributed by atoms with Crippen LogP contribution in [0.4, 0.5) is 5.69 Å². The summed E-state index contributed by atoms with van der Waals surface area (Å²) in [5, 5.41) is 11.7. The van der Waals surface area contributed by atoms with Crippen LogP contribution in [0.1, 0.15) is 0 Å². The van der Waals surface area contributed by atoms with Gasteiger partial charge in [0, 0.05) is 23.7 Å². The molecule has 0 saturated heterocycles. The molecule has 6 nitrogen and oxygen atoms in total. The fraction of sp³-hybridized carbons (Fsp3) is 0. The quantitative estimate of drug-likeness (QED) is 0.415. The molecule has 3 rings (SSSR count). The van der Waals surface area contributed by atoms with Gasteiger partial charge in [0.1, 0.15) is 16.7 Å². The van der Waals surface area contributed by atoms with Gasteiger partial charge >= 0.3 is 0 Å². The Morgan fingerprint density at radius 1 is 1.14 bits per heavy atom. The number of pyridine rings is 2. The van der Waals surface area contributed by atoms with E-state index in [0.717, 1.165) is 5.39 Å². The summed E-state index contributed by atoms with van der Waals surface area (Å²) >= 11 is 5.88. The van der Waals surface area contributed by atoms with Crippen molar-refractivity contribution in [2.24, 2.45) is 0 Å². The Balaban J connectivity index is 1.97. The van der Waals surface area contributed by atoms with E-state index in [4.69, 9.17) is 16.3 Å². The molecule has 0 aliphatic rings. The maximum atomic E-state index is 10.6. The summed E-state index contributed by atoms with van der Waals surface area (Å²) in [5.74, 6) is 1.04. The van der Waals surface area contributed by atoms with Gasteiger partial charge < -0.3 is 4.74 Å². The Morgan fingerprint density at radius 3 is 2.62 bits per heavy atom. The molecule has 0 N–H and O–H groups in total. The van der Waals surface area contributed by atoms with E-state index in [0.29, 0.717) is 22.2 Å². The lowest BCUT2D eigenvalue weighted by Crippen LogP contribution is -1.90. The summed E-state index contributed by atoms with van der Waals surface area (Å²) in [6.07, 6.45) is 3.15. The van der Waals surface area contributed by atoms with Gasteiger partial charge in [0.05, 0.1) is 16.6 Å². The fourth-order valence-corrected chi connectivity index (χ4v) is 2.01. The first-order valence-electron chi connectivity index (χ1n) is 5.96. The molecule has 0 bridgehead atoms. The number of benzene rings is 1. The minimum absolute atomic E-state index is 0.00850. The van der Waals surface area contributed by atoms with Crippen molar-refractivity contribution < 1.29 is 9.66 Å². The average Bonchev–Trinajstić information content (AvgIpc) is 2.48. The normalized spacial score (nSPS) is 10.5. The first kappa shape index (κ1) is 13.3. The molecule has 0 spiro atoms. The standard InChI is InChI=1S/C14H8ClN3O3/c15-14-7-11-12(8-17-14)16-6-5-13(11)21-10-3-1-9(2-4-10)18(19)20/h1-8H. The van der Waals surface area contributed by atoms with Gasteiger partial charge in [-0.05, 0) is 24.3 Å². The molecular formula is C14H8ClN3O3. The second-order valence-corrected chi connectivity index (χ2v) is 4.57. The highest BCUT2D eigenvalue weighted by atomic mass is 35.5. The van der Waals surface area contributed by atoms with E-state index >= 15 is 0 Å². The van der Waals surface area contributed by atoms with E-state index in [1.54, 1.807) is 24.5 Å². The molecule has 0 radical (unpaired) electrons. The Kier molecular flexibility index (Phi) is 3.37. The van der Waals surface area contributed by atoms with Gasteiger partial charge in [0.25, 0.3) is 5.69 Å². The Bertz CT molecular complexity index is 821. The third-order valence-corrected chi connectivity index (χ3v) is 3.04. The molecule has 0 saturated carbocycles. The van der Waals surface area contributed by atoms with E-state index < -0.39 is 4.92 Å². The van der Waals surface area contributed by atoms with Crippen LogP contribution in [0.25, 0.3) is 10.9 Å². The van der Waals surface area contributed by atoms with Crippen LogP contribution in [0, 0.1) is 10.1 Å². The average molecular weight is 302 g/mol. The predicted octanol–water partition coefficient (Wildman–Crippen LogP) is 3.98. The van der Waals surface area contributed by atoms with Crippen molar-refractivity contribution in [2.45, 2.75) is 0 Å². The number of rotatable bonds is 3. The number of ether oxygens (including phenoxy) is 1. The van der Waals surface area contributed by atoms with E-state index in [1.165, 1.54) is 24.3 Å². The fourth-order valence-electron chi connectivity index (χ4n) is 1.85. The van der Waals surface area contributed by atoms with E-state index in [1.807, 2.05) is 0 Å². The maximum absolute atomic E-state index is 10.6. The number of hydrogen-bond donors (Lipinski definition) is 0. The summed E-state index contributed by atoms with van der Waals surface area (Å²) in [5.41, 5.74) is 0.660.